The van der Waals surface area contributed by atoms with Crippen LogP contribution >= 0.6 is 34.5 Å². The standard InChI is InChI=1S/C22H17Cl2N5OS/c1-3-14-12(2)31-21-18(14)20-26-19(13-7-9-25-10-8-13)27-29(20)22(30)28(21)11-15-16(23)5-4-6-17(15)24/h4-10H,3,11H2,1-2H3. The summed E-state index contributed by atoms with van der Waals surface area (Å²) in [6, 6.07) is 9.00. The van der Waals surface area contributed by atoms with Gasteiger partial charge in [0.2, 0.25) is 0 Å². The number of hydrogen-bond donors (Lipinski definition) is 0. The van der Waals surface area contributed by atoms with Crippen LogP contribution in [0.15, 0.2) is 47.5 Å². The third-order valence-electron chi connectivity index (χ3n) is 5.35. The van der Waals surface area contributed by atoms with Gasteiger partial charge in [-0.2, -0.15) is 4.52 Å². The van der Waals surface area contributed by atoms with Gasteiger partial charge in [0.25, 0.3) is 0 Å². The van der Waals surface area contributed by atoms with E-state index in [4.69, 9.17) is 28.2 Å². The lowest BCUT2D eigenvalue weighted by molar-refractivity contribution is 0.720. The van der Waals surface area contributed by atoms with Crippen LogP contribution in [-0.2, 0) is 13.0 Å². The van der Waals surface area contributed by atoms with Gasteiger partial charge in [-0.3, -0.25) is 9.55 Å². The van der Waals surface area contributed by atoms with Crippen LogP contribution < -0.4 is 5.69 Å². The Bertz CT molecular complexity index is 1480. The molecule has 5 rings (SSSR count). The summed E-state index contributed by atoms with van der Waals surface area (Å²) in [6.07, 6.45) is 4.19. The molecule has 0 aliphatic rings. The van der Waals surface area contributed by atoms with E-state index in [0.717, 1.165) is 32.6 Å². The van der Waals surface area contributed by atoms with Crippen molar-refractivity contribution in [3.63, 3.8) is 0 Å². The smallest absolute Gasteiger partial charge is 0.278 e. The van der Waals surface area contributed by atoms with Crippen LogP contribution in [0.25, 0.3) is 27.3 Å². The maximum absolute atomic E-state index is 13.6. The van der Waals surface area contributed by atoms with E-state index in [1.54, 1.807) is 46.5 Å². The molecule has 0 aliphatic heterocycles. The van der Waals surface area contributed by atoms with Gasteiger partial charge in [0.1, 0.15) is 4.83 Å². The number of fused-ring (bicyclic) bond motifs is 3. The Morgan fingerprint density at radius 2 is 1.77 bits per heavy atom. The van der Waals surface area contributed by atoms with E-state index >= 15 is 0 Å². The molecule has 31 heavy (non-hydrogen) atoms. The Balaban J connectivity index is 1.85. The number of rotatable bonds is 4. The number of nitrogens with zero attached hydrogens (tertiary/aromatic N) is 5. The summed E-state index contributed by atoms with van der Waals surface area (Å²) in [4.78, 5) is 24.3. The van der Waals surface area contributed by atoms with Gasteiger partial charge in [-0.15, -0.1) is 16.4 Å². The molecule has 0 amide bonds. The van der Waals surface area contributed by atoms with Crippen molar-refractivity contribution in [2.24, 2.45) is 0 Å². The fourth-order valence-corrected chi connectivity index (χ4v) is 5.57. The molecule has 0 bridgehead atoms. The van der Waals surface area contributed by atoms with Crippen molar-refractivity contribution in [3.8, 4) is 11.4 Å². The van der Waals surface area contributed by atoms with Gasteiger partial charge in [-0.25, -0.2) is 9.78 Å². The minimum atomic E-state index is -0.282. The summed E-state index contributed by atoms with van der Waals surface area (Å²) >= 11 is 14.4. The number of halogens is 2. The highest BCUT2D eigenvalue weighted by atomic mass is 35.5. The summed E-state index contributed by atoms with van der Waals surface area (Å²) < 4.78 is 3.07. The zero-order valence-corrected chi connectivity index (χ0v) is 19.1. The van der Waals surface area contributed by atoms with E-state index in [0.29, 0.717) is 27.1 Å². The van der Waals surface area contributed by atoms with Crippen LogP contribution in [0.3, 0.4) is 0 Å². The van der Waals surface area contributed by atoms with Crippen LogP contribution in [0.4, 0.5) is 0 Å². The first-order chi connectivity index (χ1) is 15.0. The van der Waals surface area contributed by atoms with Gasteiger partial charge in [-0.1, -0.05) is 36.2 Å². The minimum Gasteiger partial charge on any atom is -0.278 e. The quantitative estimate of drug-likeness (QED) is 0.353. The lowest BCUT2D eigenvalue weighted by Gasteiger charge is -2.11. The minimum absolute atomic E-state index is 0.247. The maximum Gasteiger partial charge on any atom is 0.352 e. The Kier molecular flexibility index (Phi) is 5.04. The topological polar surface area (TPSA) is 65.1 Å². The van der Waals surface area contributed by atoms with E-state index < -0.39 is 0 Å². The maximum atomic E-state index is 13.6. The molecule has 4 heterocycles. The molecule has 0 aliphatic carbocycles. The molecular formula is C22H17Cl2N5OS. The second-order valence-corrected chi connectivity index (χ2v) is 9.16. The molecule has 4 aromatic heterocycles. The van der Waals surface area contributed by atoms with Gasteiger partial charge in [0, 0.05) is 38.4 Å². The van der Waals surface area contributed by atoms with Gasteiger partial charge < -0.3 is 0 Å². The summed E-state index contributed by atoms with van der Waals surface area (Å²) in [5.74, 6) is 0.486. The van der Waals surface area contributed by atoms with Crippen molar-refractivity contribution in [1.29, 1.82) is 0 Å². The number of thiophene rings is 1. The second-order valence-electron chi connectivity index (χ2n) is 7.15. The van der Waals surface area contributed by atoms with Gasteiger partial charge in [0.15, 0.2) is 11.5 Å². The van der Waals surface area contributed by atoms with Crippen molar-refractivity contribution in [3.05, 3.63) is 79.3 Å². The predicted octanol–water partition coefficient (Wildman–Crippen LogP) is 5.39. The molecule has 0 unspecified atom stereocenters. The summed E-state index contributed by atoms with van der Waals surface area (Å²) in [7, 11) is 0. The molecule has 5 aromatic rings. The lowest BCUT2D eigenvalue weighted by Crippen LogP contribution is -2.28. The van der Waals surface area contributed by atoms with Crippen LogP contribution in [0.5, 0.6) is 0 Å². The zero-order valence-electron chi connectivity index (χ0n) is 16.8. The van der Waals surface area contributed by atoms with Crippen molar-refractivity contribution < 1.29 is 0 Å². The highest BCUT2D eigenvalue weighted by molar-refractivity contribution is 7.19. The number of aromatic nitrogens is 5. The number of pyridine rings is 1. The first-order valence-electron chi connectivity index (χ1n) is 9.74. The Morgan fingerprint density at radius 1 is 1.06 bits per heavy atom. The molecule has 0 atom stereocenters. The van der Waals surface area contributed by atoms with Gasteiger partial charge in [0.05, 0.1) is 11.9 Å². The highest BCUT2D eigenvalue weighted by Crippen LogP contribution is 2.34. The van der Waals surface area contributed by atoms with E-state index in [9.17, 15) is 4.79 Å². The van der Waals surface area contributed by atoms with Gasteiger partial charge >= 0.3 is 5.69 Å². The molecule has 9 heteroatoms. The fraction of sp³-hybridized carbons (Fsp3) is 0.182. The van der Waals surface area contributed by atoms with Crippen molar-refractivity contribution in [2.45, 2.75) is 26.8 Å². The first-order valence-corrected chi connectivity index (χ1v) is 11.3. The predicted molar refractivity (Wildman–Crippen MR) is 126 cm³/mol. The van der Waals surface area contributed by atoms with E-state index in [2.05, 4.69) is 23.9 Å². The summed E-state index contributed by atoms with van der Waals surface area (Å²) in [6.45, 7) is 4.42. The molecule has 0 radical (unpaired) electrons. The molecule has 0 spiro atoms. The number of hydrogen-bond acceptors (Lipinski definition) is 5. The normalized spacial score (nSPS) is 11.6. The van der Waals surface area contributed by atoms with Gasteiger partial charge in [-0.05, 0) is 43.2 Å². The third-order valence-corrected chi connectivity index (χ3v) is 7.23. The number of aryl methyl sites for hydroxylation is 2. The monoisotopic (exact) mass is 469 g/mol. The van der Waals surface area contributed by atoms with Crippen LogP contribution in [0.1, 0.15) is 22.9 Å². The van der Waals surface area contributed by atoms with Crippen LogP contribution in [0.2, 0.25) is 10.0 Å². The largest absolute Gasteiger partial charge is 0.352 e. The van der Waals surface area contributed by atoms with E-state index in [1.165, 1.54) is 4.52 Å². The molecule has 1 aromatic carbocycles. The van der Waals surface area contributed by atoms with Crippen molar-refractivity contribution in [1.82, 2.24) is 24.1 Å². The molecule has 0 saturated heterocycles. The van der Waals surface area contributed by atoms with E-state index in [1.807, 2.05) is 12.1 Å². The van der Waals surface area contributed by atoms with Crippen LogP contribution in [-0.4, -0.2) is 24.1 Å². The molecular weight excluding hydrogens is 453 g/mol. The van der Waals surface area contributed by atoms with E-state index in [-0.39, 0.29) is 12.2 Å². The Labute approximate surface area is 191 Å². The molecule has 0 saturated carbocycles. The highest BCUT2D eigenvalue weighted by Gasteiger charge is 2.22. The van der Waals surface area contributed by atoms with Crippen molar-refractivity contribution in [2.75, 3.05) is 0 Å². The second kappa shape index (κ2) is 7.75. The summed E-state index contributed by atoms with van der Waals surface area (Å²) in [5.41, 5.74) is 2.95. The molecule has 156 valence electrons. The zero-order chi connectivity index (χ0) is 21.7. The summed E-state index contributed by atoms with van der Waals surface area (Å²) in [5, 5.41) is 6.53. The average molecular weight is 470 g/mol. The molecule has 6 nitrogen and oxygen atoms in total. The molecule has 0 fully saturated rings. The van der Waals surface area contributed by atoms with Crippen LogP contribution in [0, 0.1) is 6.92 Å². The average Bonchev–Trinajstić information content (AvgIpc) is 3.35. The van der Waals surface area contributed by atoms with Crippen molar-refractivity contribution >= 4 is 50.4 Å². The third kappa shape index (κ3) is 3.24. The molecule has 0 N–H and O–H groups in total. The first kappa shape index (κ1) is 20.2. The number of benzene rings is 1. The fourth-order valence-electron chi connectivity index (χ4n) is 3.82. The SMILES string of the molecule is CCc1c(C)sc2c1c1nc(-c3ccncc3)nn1c(=O)n2Cc1c(Cl)cccc1Cl. The Hall–Kier alpha value is -2.74. The lowest BCUT2D eigenvalue weighted by atomic mass is 10.1. The Morgan fingerprint density at radius 3 is 2.45 bits per heavy atom.